The van der Waals surface area contributed by atoms with E-state index in [1.807, 2.05) is 31.2 Å². The largest absolute Gasteiger partial charge is 0.483 e. The first kappa shape index (κ1) is 20.0. The summed E-state index contributed by atoms with van der Waals surface area (Å²) >= 11 is 0. The van der Waals surface area contributed by atoms with E-state index >= 15 is 0 Å². The number of carbonyl (C=O) groups excluding carboxylic acids is 2. The van der Waals surface area contributed by atoms with Crippen LogP contribution in [-0.2, 0) is 17.8 Å². The smallest absolute Gasteiger partial charge is 0.319 e. The summed E-state index contributed by atoms with van der Waals surface area (Å²) in [5.74, 6) is 1.13. The maximum atomic E-state index is 12.1. The lowest BCUT2D eigenvalue weighted by atomic mass is 10.1. The van der Waals surface area contributed by atoms with Gasteiger partial charge in [-0.05, 0) is 54.4 Å². The standard InChI is InChI=1S/C22H23N3O4/c1-2-16-6-3-4-8-20(16)29-15-21(26)24-17-9-11-18(12-10-17)25-22(27)23-14-19-7-5-13-28-19/h3-13H,2,14-15H2,1H3,(H,24,26)(H2,23,25,27). The summed E-state index contributed by atoms with van der Waals surface area (Å²) in [6, 6.07) is 17.7. The molecule has 3 aromatic rings. The third kappa shape index (κ3) is 6.14. The number of carbonyl (C=O) groups is 2. The minimum absolute atomic E-state index is 0.0772. The first-order chi connectivity index (χ1) is 14.1. The van der Waals surface area contributed by atoms with E-state index in [9.17, 15) is 9.59 Å². The van der Waals surface area contributed by atoms with Gasteiger partial charge in [-0.1, -0.05) is 25.1 Å². The Kier molecular flexibility index (Phi) is 6.89. The van der Waals surface area contributed by atoms with Gasteiger partial charge in [-0.2, -0.15) is 0 Å². The lowest BCUT2D eigenvalue weighted by Crippen LogP contribution is -2.28. The molecule has 0 aliphatic carbocycles. The van der Waals surface area contributed by atoms with E-state index in [0.29, 0.717) is 29.4 Å². The van der Waals surface area contributed by atoms with Gasteiger partial charge in [0.1, 0.15) is 11.5 Å². The molecule has 0 radical (unpaired) electrons. The van der Waals surface area contributed by atoms with Gasteiger partial charge in [0.05, 0.1) is 12.8 Å². The number of nitrogens with one attached hydrogen (secondary N) is 3. The highest BCUT2D eigenvalue weighted by Gasteiger charge is 2.07. The van der Waals surface area contributed by atoms with Gasteiger partial charge in [0, 0.05) is 11.4 Å². The first-order valence-corrected chi connectivity index (χ1v) is 9.32. The van der Waals surface area contributed by atoms with Crippen LogP contribution in [0.2, 0.25) is 0 Å². The number of hydrogen-bond acceptors (Lipinski definition) is 4. The molecular weight excluding hydrogens is 370 g/mol. The number of urea groups is 1. The van der Waals surface area contributed by atoms with Gasteiger partial charge in [-0.25, -0.2) is 4.79 Å². The van der Waals surface area contributed by atoms with Crippen LogP contribution in [0.3, 0.4) is 0 Å². The van der Waals surface area contributed by atoms with Gasteiger partial charge in [0.25, 0.3) is 5.91 Å². The summed E-state index contributed by atoms with van der Waals surface area (Å²) < 4.78 is 10.8. The molecule has 3 rings (SSSR count). The van der Waals surface area contributed by atoms with Crippen LogP contribution in [0.1, 0.15) is 18.2 Å². The third-order valence-electron chi connectivity index (χ3n) is 4.14. The van der Waals surface area contributed by atoms with E-state index in [4.69, 9.17) is 9.15 Å². The number of rotatable bonds is 8. The van der Waals surface area contributed by atoms with Crippen LogP contribution < -0.4 is 20.7 Å². The summed E-state index contributed by atoms with van der Waals surface area (Å²) in [6.07, 6.45) is 2.39. The molecular formula is C22H23N3O4. The second kappa shape index (κ2) is 9.98. The predicted molar refractivity (Wildman–Crippen MR) is 111 cm³/mol. The van der Waals surface area contributed by atoms with Crippen LogP contribution in [-0.4, -0.2) is 18.5 Å². The maximum Gasteiger partial charge on any atom is 0.319 e. The van der Waals surface area contributed by atoms with Gasteiger partial charge in [-0.15, -0.1) is 0 Å². The molecule has 0 fully saturated rings. The summed E-state index contributed by atoms with van der Waals surface area (Å²) in [5, 5.41) is 8.18. The molecule has 3 amide bonds. The molecule has 29 heavy (non-hydrogen) atoms. The Morgan fingerprint density at radius 3 is 2.34 bits per heavy atom. The summed E-state index contributed by atoms with van der Waals surface area (Å²) in [5.41, 5.74) is 2.28. The zero-order valence-corrected chi connectivity index (χ0v) is 16.1. The van der Waals surface area contributed by atoms with Crippen LogP contribution in [0.5, 0.6) is 5.75 Å². The fourth-order valence-electron chi connectivity index (χ4n) is 2.67. The number of furan rings is 1. The van der Waals surface area contributed by atoms with E-state index in [1.54, 1.807) is 42.7 Å². The number of anilines is 2. The fraction of sp³-hybridized carbons (Fsp3) is 0.182. The molecule has 0 bridgehead atoms. The molecule has 3 N–H and O–H groups in total. The summed E-state index contributed by atoms with van der Waals surface area (Å²) in [4.78, 5) is 24.0. The first-order valence-electron chi connectivity index (χ1n) is 9.32. The second-order valence-electron chi connectivity index (χ2n) is 6.26. The van der Waals surface area contributed by atoms with Crippen LogP contribution in [0.15, 0.2) is 71.3 Å². The lowest BCUT2D eigenvalue weighted by molar-refractivity contribution is -0.118. The molecule has 7 nitrogen and oxygen atoms in total. The number of aryl methyl sites for hydroxylation is 1. The van der Waals surface area contributed by atoms with Gasteiger partial charge in [-0.3, -0.25) is 4.79 Å². The molecule has 0 atom stereocenters. The molecule has 150 valence electrons. The Balaban J connectivity index is 1.44. The lowest BCUT2D eigenvalue weighted by Gasteiger charge is -2.11. The van der Waals surface area contributed by atoms with Crippen molar-refractivity contribution in [2.24, 2.45) is 0 Å². The molecule has 0 unspecified atom stereocenters. The summed E-state index contributed by atoms with van der Waals surface area (Å²) in [7, 11) is 0. The minimum atomic E-state index is -0.346. The van der Waals surface area contributed by atoms with Crippen molar-refractivity contribution in [3.63, 3.8) is 0 Å². The number of ether oxygens (including phenoxy) is 1. The van der Waals surface area contributed by atoms with Crippen molar-refractivity contribution >= 4 is 23.3 Å². The van der Waals surface area contributed by atoms with Gasteiger partial charge in [0.2, 0.25) is 0 Å². The van der Waals surface area contributed by atoms with Crippen molar-refractivity contribution in [2.75, 3.05) is 17.2 Å². The van der Waals surface area contributed by atoms with Crippen molar-refractivity contribution in [1.29, 1.82) is 0 Å². The Morgan fingerprint density at radius 2 is 1.66 bits per heavy atom. The highest BCUT2D eigenvalue weighted by atomic mass is 16.5. The van der Waals surface area contributed by atoms with Gasteiger partial charge in [0.15, 0.2) is 6.61 Å². The number of hydrogen-bond donors (Lipinski definition) is 3. The molecule has 0 aliphatic heterocycles. The van der Waals surface area contributed by atoms with Crippen LogP contribution >= 0.6 is 0 Å². The van der Waals surface area contributed by atoms with Crippen LogP contribution in [0.4, 0.5) is 16.2 Å². The fourth-order valence-corrected chi connectivity index (χ4v) is 2.67. The SMILES string of the molecule is CCc1ccccc1OCC(=O)Nc1ccc(NC(=O)NCc2ccco2)cc1. The van der Waals surface area contributed by atoms with E-state index in [2.05, 4.69) is 16.0 Å². The molecule has 1 aromatic heterocycles. The highest BCUT2D eigenvalue weighted by Crippen LogP contribution is 2.18. The maximum absolute atomic E-state index is 12.1. The van der Waals surface area contributed by atoms with Gasteiger partial charge >= 0.3 is 6.03 Å². The predicted octanol–water partition coefficient (Wildman–Crippen LogP) is 4.18. The average molecular weight is 393 g/mol. The molecule has 1 heterocycles. The van der Waals surface area contributed by atoms with Crippen molar-refractivity contribution in [2.45, 2.75) is 19.9 Å². The summed E-state index contributed by atoms with van der Waals surface area (Å²) in [6.45, 7) is 2.26. The van der Waals surface area contributed by atoms with Crippen LogP contribution in [0.25, 0.3) is 0 Å². The quantitative estimate of drug-likeness (QED) is 0.535. The molecule has 0 spiro atoms. The van der Waals surface area contributed by atoms with E-state index < -0.39 is 0 Å². The molecule has 0 aliphatic rings. The third-order valence-corrected chi connectivity index (χ3v) is 4.14. The Labute approximate surface area is 169 Å². The van der Waals surface area contributed by atoms with Crippen molar-refractivity contribution in [1.82, 2.24) is 5.32 Å². The monoisotopic (exact) mass is 393 g/mol. The number of para-hydroxylation sites is 1. The average Bonchev–Trinajstić information content (AvgIpc) is 3.26. The highest BCUT2D eigenvalue weighted by molar-refractivity contribution is 5.93. The molecule has 0 saturated heterocycles. The molecule has 0 saturated carbocycles. The van der Waals surface area contributed by atoms with Crippen molar-refractivity contribution in [3.05, 3.63) is 78.3 Å². The topological polar surface area (TPSA) is 92.6 Å². The number of amides is 3. The normalized spacial score (nSPS) is 10.2. The van der Waals surface area contributed by atoms with Crippen molar-refractivity contribution < 1.29 is 18.7 Å². The van der Waals surface area contributed by atoms with E-state index in [1.165, 1.54) is 0 Å². The van der Waals surface area contributed by atoms with Crippen LogP contribution in [0, 0.1) is 0 Å². The second-order valence-corrected chi connectivity index (χ2v) is 6.26. The number of benzene rings is 2. The zero-order valence-electron chi connectivity index (χ0n) is 16.1. The van der Waals surface area contributed by atoms with Gasteiger partial charge < -0.3 is 25.1 Å². The molecule has 7 heteroatoms. The minimum Gasteiger partial charge on any atom is -0.483 e. The Bertz CT molecular complexity index is 937. The Hall–Kier alpha value is -3.74. The van der Waals surface area contributed by atoms with E-state index in [-0.39, 0.29) is 18.5 Å². The Morgan fingerprint density at radius 1 is 0.931 bits per heavy atom. The molecule has 2 aromatic carbocycles. The van der Waals surface area contributed by atoms with E-state index in [0.717, 1.165) is 12.0 Å². The zero-order chi connectivity index (χ0) is 20.5. The van der Waals surface area contributed by atoms with Crippen molar-refractivity contribution in [3.8, 4) is 5.75 Å².